The average Bonchev–Trinajstić information content (AvgIpc) is 3.12. The number of rotatable bonds is 4. The smallest absolute Gasteiger partial charge is 0.170 e. The molecule has 1 aliphatic rings. The van der Waals surface area contributed by atoms with E-state index in [9.17, 15) is 8.78 Å². The van der Waals surface area contributed by atoms with E-state index < -0.39 is 11.6 Å². The monoisotopic (exact) mass is 263 g/mol. The zero-order valence-electron chi connectivity index (χ0n) is 10.7. The van der Waals surface area contributed by atoms with Gasteiger partial charge in [0.1, 0.15) is 11.5 Å². The summed E-state index contributed by atoms with van der Waals surface area (Å²) in [5.41, 5.74) is 0.462. The van der Waals surface area contributed by atoms with Gasteiger partial charge in [-0.1, -0.05) is 6.07 Å². The lowest BCUT2D eigenvalue weighted by atomic mass is 10.1. The number of halogens is 2. The summed E-state index contributed by atoms with van der Waals surface area (Å²) in [7, 11) is 0. The van der Waals surface area contributed by atoms with Crippen molar-refractivity contribution in [3.05, 3.63) is 47.2 Å². The van der Waals surface area contributed by atoms with Crippen molar-refractivity contribution in [3.8, 4) is 11.3 Å². The normalized spacial score (nSPS) is 14.9. The molecule has 0 atom stereocenters. The lowest BCUT2D eigenvalue weighted by molar-refractivity contribution is 0.478. The fourth-order valence-corrected chi connectivity index (χ4v) is 1.99. The standard InChI is InChI=1S/C15H15F2NO/c1-9-2-6-12(15(17)14(9)16)13-7-5-11(19-13)8-18-10-3-4-10/h2,5-7,10,18H,3-4,8H2,1H3. The van der Waals surface area contributed by atoms with E-state index in [1.54, 1.807) is 24.3 Å². The first-order chi connectivity index (χ1) is 9.15. The number of aryl methyl sites for hydroxylation is 1. The molecule has 1 saturated carbocycles. The van der Waals surface area contributed by atoms with Gasteiger partial charge in [-0.05, 0) is 43.5 Å². The van der Waals surface area contributed by atoms with E-state index >= 15 is 0 Å². The summed E-state index contributed by atoms with van der Waals surface area (Å²) >= 11 is 0. The average molecular weight is 263 g/mol. The van der Waals surface area contributed by atoms with Gasteiger partial charge in [0.25, 0.3) is 0 Å². The second-order valence-corrected chi connectivity index (χ2v) is 4.98. The van der Waals surface area contributed by atoms with Crippen molar-refractivity contribution < 1.29 is 13.2 Å². The molecule has 0 saturated heterocycles. The van der Waals surface area contributed by atoms with E-state index in [2.05, 4.69) is 5.32 Å². The second kappa shape index (κ2) is 4.78. The highest BCUT2D eigenvalue weighted by Crippen LogP contribution is 2.28. The molecule has 2 aromatic rings. The Morgan fingerprint density at radius 1 is 1.16 bits per heavy atom. The molecule has 1 fully saturated rings. The lowest BCUT2D eigenvalue weighted by Crippen LogP contribution is -2.14. The van der Waals surface area contributed by atoms with Crippen LogP contribution in [0, 0.1) is 18.6 Å². The minimum atomic E-state index is -0.851. The highest BCUT2D eigenvalue weighted by molar-refractivity contribution is 5.59. The minimum absolute atomic E-state index is 0.167. The van der Waals surface area contributed by atoms with E-state index in [4.69, 9.17) is 4.42 Å². The van der Waals surface area contributed by atoms with Crippen LogP contribution in [0.4, 0.5) is 8.78 Å². The molecule has 0 aliphatic heterocycles. The van der Waals surface area contributed by atoms with Crippen LogP contribution in [0.5, 0.6) is 0 Å². The molecule has 2 nitrogen and oxygen atoms in total. The van der Waals surface area contributed by atoms with Crippen LogP contribution in [-0.2, 0) is 6.54 Å². The van der Waals surface area contributed by atoms with Crippen molar-refractivity contribution in [2.75, 3.05) is 0 Å². The summed E-state index contributed by atoms with van der Waals surface area (Å²) in [6.45, 7) is 2.16. The number of hydrogen-bond donors (Lipinski definition) is 1. The molecule has 0 unspecified atom stereocenters. The highest BCUT2D eigenvalue weighted by atomic mass is 19.2. The van der Waals surface area contributed by atoms with Crippen LogP contribution in [0.2, 0.25) is 0 Å². The van der Waals surface area contributed by atoms with E-state index in [0.717, 1.165) is 5.76 Å². The third kappa shape index (κ3) is 2.54. The molecule has 19 heavy (non-hydrogen) atoms. The summed E-state index contributed by atoms with van der Waals surface area (Å²) in [5.74, 6) is -0.561. The minimum Gasteiger partial charge on any atom is -0.460 e. The first-order valence-electron chi connectivity index (χ1n) is 6.42. The predicted octanol–water partition coefficient (Wildman–Crippen LogP) is 3.79. The maximum absolute atomic E-state index is 13.8. The third-order valence-corrected chi connectivity index (χ3v) is 3.34. The summed E-state index contributed by atoms with van der Waals surface area (Å²) < 4.78 is 32.9. The topological polar surface area (TPSA) is 25.2 Å². The first-order valence-corrected chi connectivity index (χ1v) is 6.42. The van der Waals surface area contributed by atoms with Crippen LogP contribution >= 0.6 is 0 Å². The molecule has 4 heteroatoms. The first kappa shape index (κ1) is 12.4. The number of hydrogen-bond acceptors (Lipinski definition) is 2. The summed E-state index contributed by atoms with van der Waals surface area (Å²) in [6.07, 6.45) is 2.40. The van der Waals surface area contributed by atoms with Gasteiger partial charge in [0.15, 0.2) is 11.6 Å². The van der Waals surface area contributed by atoms with Gasteiger partial charge >= 0.3 is 0 Å². The Hall–Kier alpha value is -1.68. The quantitative estimate of drug-likeness (QED) is 0.908. The Morgan fingerprint density at radius 2 is 1.95 bits per heavy atom. The highest BCUT2D eigenvalue weighted by Gasteiger charge is 2.21. The Labute approximate surface area is 110 Å². The second-order valence-electron chi connectivity index (χ2n) is 4.98. The molecule has 0 amide bonds. The maximum atomic E-state index is 13.8. The predicted molar refractivity (Wildman–Crippen MR) is 68.7 cm³/mol. The molecule has 3 rings (SSSR count). The Bertz CT molecular complexity index is 602. The molecule has 0 radical (unpaired) electrons. The lowest BCUT2D eigenvalue weighted by Gasteiger charge is -2.03. The van der Waals surface area contributed by atoms with Crippen molar-refractivity contribution >= 4 is 0 Å². The fraction of sp³-hybridized carbons (Fsp3) is 0.333. The van der Waals surface area contributed by atoms with E-state index in [0.29, 0.717) is 23.9 Å². The van der Waals surface area contributed by atoms with E-state index in [-0.39, 0.29) is 5.56 Å². The van der Waals surface area contributed by atoms with Crippen molar-refractivity contribution in [2.24, 2.45) is 0 Å². The van der Waals surface area contributed by atoms with Gasteiger partial charge in [-0.15, -0.1) is 0 Å². The molecular weight excluding hydrogens is 248 g/mol. The molecular formula is C15H15F2NO. The molecule has 0 bridgehead atoms. The summed E-state index contributed by atoms with van der Waals surface area (Å²) in [4.78, 5) is 0. The van der Waals surface area contributed by atoms with Crippen molar-refractivity contribution in [2.45, 2.75) is 32.4 Å². The molecule has 100 valence electrons. The summed E-state index contributed by atoms with van der Waals surface area (Å²) in [5, 5.41) is 3.31. The zero-order chi connectivity index (χ0) is 13.4. The molecule has 1 heterocycles. The van der Waals surface area contributed by atoms with Crippen LogP contribution in [0.15, 0.2) is 28.7 Å². The SMILES string of the molecule is Cc1ccc(-c2ccc(CNC3CC3)o2)c(F)c1F. The van der Waals surface area contributed by atoms with Crippen LogP contribution in [-0.4, -0.2) is 6.04 Å². The van der Waals surface area contributed by atoms with Crippen LogP contribution in [0.3, 0.4) is 0 Å². The molecule has 0 spiro atoms. The Balaban J connectivity index is 1.83. The Kier molecular flexibility index (Phi) is 3.11. The van der Waals surface area contributed by atoms with Gasteiger partial charge in [-0.25, -0.2) is 8.78 Å². The number of benzene rings is 1. The van der Waals surface area contributed by atoms with Gasteiger partial charge < -0.3 is 9.73 Å². The number of furan rings is 1. The van der Waals surface area contributed by atoms with Gasteiger partial charge in [0.05, 0.1) is 12.1 Å². The number of nitrogens with one attached hydrogen (secondary N) is 1. The largest absolute Gasteiger partial charge is 0.460 e. The zero-order valence-corrected chi connectivity index (χ0v) is 10.7. The third-order valence-electron chi connectivity index (χ3n) is 3.34. The van der Waals surface area contributed by atoms with Crippen LogP contribution < -0.4 is 5.32 Å². The molecule has 1 aromatic carbocycles. The Morgan fingerprint density at radius 3 is 2.68 bits per heavy atom. The van der Waals surface area contributed by atoms with E-state index in [1.165, 1.54) is 19.8 Å². The summed E-state index contributed by atoms with van der Waals surface area (Å²) in [6, 6.07) is 7.16. The van der Waals surface area contributed by atoms with Gasteiger partial charge in [0, 0.05) is 6.04 Å². The van der Waals surface area contributed by atoms with Crippen molar-refractivity contribution in [1.82, 2.24) is 5.32 Å². The van der Waals surface area contributed by atoms with Crippen molar-refractivity contribution in [1.29, 1.82) is 0 Å². The fourth-order valence-electron chi connectivity index (χ4n) is 1.99. The van der Waals surface area contributed by atoms with Gasteiger partial charge in [-0.2, -0.15) is 0 Å². The van der Waals surface area contributed by atoms with E-state index in [1.807, 2.05) is 0 Å². The maximum Gasteiger partial charge on any atom is 0.170 e. The van der Waals surface area contributed by atoms with Crippen molar-refractivity contribution in [3.63, 3.8) is 0 Å². The van der Waals surface area contributed by atoms with Crippen LogP contribution in [0.1, 0.15) is 24.2 Å². The van der Waals surface area contributed by atoms with Crippen LogP contribution in [0.25, 0.3) is 11.3 Å². The van der Waals surface area contributed by atoms with Gasteiger partial charge in [0.2, 0.25) is 0 Å². The molecule has 1 aromatic heterocycles. The van der Waals surface area contributed by atoms with Gasteiger partial charge in [-0.3, -0.25) is 0 Å². The molecule has 1 aliphatic carbocycles. The molecule has 1 N–H and O–H groups in total.